The lowest BCUT2D eigenvalue weighted by Gasteiger charge is -2.20. The Labute approximate surface area is 155 Å². The number of hydrogen-bond acceptors (Lipinski definition) is 4. The maximum atomic E-state index is 14.4. The first kappa shape index (κ1) is 19.4. The first-order chi connectivity index (χ1) is 12.6. The normalized spacial score (nSPS) is 17.3. The van der Waals surface area contributed by atoms with Crippen molar-refractivity contribution in [1.29, 1.82) is 0 Å². The monoisotopic (exact) mass is 397 g/mol. The Balaban J connectivity index is 2.11. The van der Waals surface area contributed by atoms with Crippen LogP contribution in [0, 0.1) is 17.5 Å². The van der Waals surface area contributed by atoms with Crippen LogP contribution >= 0.6 is 0 Å². The smallest absolute Gasteiger partial charge is 0.202 e. The number of sulfone groups is 1. The fourth-order valence-electron chi connectivity index (χ4n) is 2.87. The van der Waals surface area contributed by atoms with Gasteiger partial charge in [-0.1, -0.05) is 18.2 Å². The molecule has 0 radical (unpaired) electrons. The number of benzene rings is 2. The molecule has 1 aliphatic rings. The molecule has 4 nitrogen and oxygen atoms in total. The minimum absolute atomic E-state index is 0.236. The van der Waals surface area contributed by atoms with Crippen LogP contribution in [0.1, 0.15) is 30.2 Å². The van der Waals surface area contributed by atoms with Gasteiger partial charge in [-0.15, -0.1) is 0 Å². The van der Waals surface area contributed by atoms with Crippen LogP contribution in [0.15, 0.2) is 53.6 Å². The molecule has 0 saturated carbocycles. The van der Waals surface area contributed by atoms with E-state index in [0.717, 1.165) is 30.3 Å². The highest BCUT2D eigenvalue weighted by atomic mass is 32.2. The van der Waals surface area contributed by atoms with Crippen molar-refractivity contribution in [3.8, 4) is 0 Å². The van der Waals surface area contributed by atoms with Crippen LogP contribution in [0.2, 0.25) is 0 Å². The van der Waals surface area contributed by atoms with Crippen molar-refractivity contribution in [2.45, 2.75) is 31.1 Å². The predicted octanol–water partition coefficient (Wildman–Crippen LogP) is 3.96. The van der Waals surface area contributed by atoms with Gasteiger partial charge in [0.25, 0.3) is 0 Å². The largest absolute Gasteiger partial charge is 0.265 e. The summed E-state index contributed by atoms with van der Waals surface area (Å²) in [6, 6.07) is 8.26. The van der Waals surface area contributed by atoms with E-state index in [1.165, 1.54) is 18.2 Å². The lowest BCUT2D eigenvalue weighted by atomic mass is 10.0. The van der Waals surface area contributed by atoms with E-state index < -0.39 is 43.7 Å². The van der Waals surface area contributed by atoms with Crippen LogP contribution in [0.3, 0.4) is 0 Å². The Hall–Kier alpha value is -2.32. The molecule has 0 saturated heterocycles. The molecule has 0 aromatic heterocycles. The lowest BCUT2D eigenvalue weighted by Crippen LogP contribution is -2.26. The molecule has 0 fully saturated rings. The third kappa shape index (κ3) is 4.01. The van der Waals surface area contributed by atoms with Crippen molar-refractivity contribution >= 4 is 9.84 Å². The van der Waals surface area contributed by atoms with Crippen molar-refractivity contribution < 1.29 is 26.4 Å². The standard InChI is InChI=1S/C19H18F3NO3S/c1-19(2)11-17(23-26-19)27(24,25)16(10-12-6-8-13(20)9-7-12)18-14(21)4-3-5-15(18)22/h3-9,11,16,23H,10H2,1-2H3. The first-order valence-corrected chi connectivity index (χ1v) is 9.74. The summed E-state index contributed by atoms with van der Waals surface area (Å²) in [6.07, 6.45) is 1.11. The second-order valence-corrected chi connectivity index (χ2v) is 8.91. The van der Waals surface area contributed by atoms with Crippen molar-refractivity contribution in [2.75, 3.05) is 0 Å². The van der Waals surface area contributed by atoms with E-state index in [1.807, 2.05) is 0 Å². The topological polar surface area (TPSA) is 55.4 Å². The summed E-state index contributed by atoms with van der Waals surface area (Å²) in [6.45, 7) is 3.28. The van der Waals surface area contributed by atoms with Gasteiger partial charge in [0.15, 0.2) is 5.03 Å². The predicted molar refractivity (Wildman–Crippen MR) is 94.5 cm³/mol. The zero-order valence-electron chi connectivity index (χ0n) is 14.7. The van der Waals surface area contributed by atoms with Gasteiger partial charge in [0.2, 0.25) is 9.84 Å². The molecule has 27 heavy (non-hydrogen) atoms. The molecule has 0 amide bonds. The molecule has 1 atom stereocenters. The summed E-state index contributed by atoms with van der Waals surface area (Å²) in [5, 5.41) is -1.82. The minimum atomic E-state index is -4.23. The van der Waals surface area contributed by atoms with Crippen molar-refractivity contribution in [3.05, 3.63) is 82.1 Å². The Morgan fingerprint density at radius 3 is 2.15 bits per heavy atom. The maximum absolute atomic E-state index is 14.4. The van der Waals surface area contributed by atoms with Crippen LogP contribution in [0.25, 0.3) is 0 Å². The molecule has 2 aromatic rings. The number of rotatable bonds is 5. The van der Waals surface area contributed by atoms with Gasteiger partial charge in [-0.05, 0) is 56.2 Å². The average molecular weight is 397 g/mol. The maximum Gasteiger partial charge on any atom is 0.202 e. The number of hydroxylamine groups is 1. The van der Waals surface area contributed by atoms with Crippen LogP contribution in [-0.2, 0) is 21.1 Å². The fourth-order valence-corrected chi connectivity index (χ4v) is 4.73. The third-order valence-electron chi connectivity index (χ3n) is 4.23. The van der Waals surface area contributed by atoms with Gasteiger partial charge in [-0.25, -0.2) is 21.6 Å². The minimum Gasteiger partial charge on any atom is -0.265 e. The molecular weight excluding hydrogens is 379 g/mol. The third-order valence-corrected chi connectivity index (χ3v) is 6.20. The molecule has 1 heterocycles. The molecule has 1 N–H and O–H groups in total. The Morgan fingerprint density at radius 2 is 1.63 bits per heavy atom. The van der Waals surface area contributed by atoms with E-state index in [-0.39, 0.29) is 11.4 Å². The van der Waals surface area contributed by atoms with Gasteiger partial charge >= 0.3 is 0 Å². The van der Waals surface area contributed by atoms with Crippen LogP contribution < -0.4 is 5.48 Å². The SMILES string of the molecule is CC1(C)C=C(S(=O)(=O)C(Cc2ccc(F)cc2)c2c(F)cccc2F)NO1. The molecular formula is C19H18F3NO3S. The van der Waals surface area contributed by atoms with Crippen LogP contribution in [0.4, 0.5) is 13.2 Å². The number of halogens is 3. The van der Waals surface area contributed by atoms with Gasteiger partial charge in [-0.2, -0.15) is 0 Å². The van der Waals surface area contributed by atoms with Gasteiger partial charge in [0, 0.05) is 5.56 Å². The highest BCUT2D eigenvalue weighted by Crippen LogP contribution is 2.36. The van der Waals surface area contributed by atoms with E-state index in [4.69, 9.17) is 4.84 Å². The summed E-state index contributed by atoms with van der Waals surface area (Å²) in [4.78, 5) is 5.19. The van der Waals surface area contributed by atoms with Crippen LogP contribution in [-0.4, -0.2) is 14.0 Å². The van der Waals surface area contributed by atoms with Gasteiger partial charge in [0.05, 0.1) is 0 Å². The van der Waals surface area contributed by atoms with E-state index >= 15 is 0 Å². The first-order valence-electron chi connectivity index (χ1n) is 8.19. The molecule has 0 aliphatic carbocycles. The van der Waals surface area contributed by atoms with E-state index in [1.54, 1.807) is 13.8 Å². The summed E-state index contributed by atoms with van der Waals surface area (Å²) in [5.41, 5.74) is 1.31. The summed E-state index contributed by atoms with van der Waals surface area (Å²) in [7, 11) is -4.23. The highest BCUT2D eigenvalue weighted by molar-refractivity contribution is 7.95. The van der Waals surface area contributed by atoms with Gasteiger partial charge in [0.1, 0.15) is 28.3 Å². The zero-order valence-corrected chi connectivity index (χ0v) is 15.5. The quantitative estimate of drug-likeness (QED) is 0.830. The average Bonchev–Trinajstić information content (AvgIpc) is 2.96. The molecule has 144 valence electrons. The molecule has 3 rings (SSSR count). The summed E-state index contributed by atoms with van der Waals surface area (Å²) >= 11 is 0. The van der Waals surface area contributed by atoms with Crippen molar-refractivity contribution in [3.63, 3.8) is 0 Å². The van der Waals surface area contributed by atoms with Gasteiger partial charge < -0.3 is 0 Å². The van der Waals surface area contributed by atoms with Gasteiger partial charge in [-0.3, -0.25) is 10.3 Å². The fraction of sp³-hybridized carbons (Fsp3) is 0.263. The van der Waals surface area contributed by atoms with Crippen molar-refractivity contribution in [1.82, 2.24) is 5.48 Å². The molecule has 8 heteroatoms. The Kier molecular flexibility index (Phi) is 5.05. The van der Waals surface area contributed by atoms with E-state index in [9.17, 15) is 21.6 Å². The lowest BCUT2D eigenvalue weighted by molar-refractivity contribution is -0.0130. The number of hydrogen-bond donors (Lipinski definition) is 1. The molecule has 0 bridgehead atoms. The zero-order chi connectivity index (χ0) is 19.8. The summed E-state index contributed by atoms with van der Waals surface area (Å²) in [5.74, 6) is -2.43. The molecule has 1 aliphatic heterocycles. The number of nitrogens with one attached hydrogen (secondary N) is 1. The second kappa shape index (κ2) is 7.01. The molecule has 2 aromatic carbocycles. The second-order valence-electron chi connectivity index (χ2n) is 6.82. The molecule has 1 unspecified atom stereocenters. The van der Waals surface area contributed by atoms with Crippen LogP contribution in [0.5, 0.6) is 0 Å². The molecule has 0 spiro atoms. The highest BCUT2D eigenvalue weighted by Gasteiger charge is 2.39. The Morgan fingerprint density at radius 1 is 1.04 bits per heavy atom. The Bertz CT molecular complexity index is 966. The van der Waals surface area contributed by atoms with E-state index in [0.29, 0.717) is 5.56 Å². The summed E-state index contributed by atoms with van der Waals surface area (Å²) < 4.78 is 68.3. The van der Waals surface area contributed by atoms with E-state index in [2.05, 4.69) is 5.48 Å². The van der Waals surface area contributed by atoms with Crippen molar-refractivity contribution in [2.24, 2.45) is 0 Å².